The molecule has 2 aromatic heterocycles. The summed E-state index contributed by atoms with van der Waals surface area (Å²) in [6.07, 6.45) is 1.35. The molecule has 0 saturated heterocycles. The van der Waals surface area contributed by atoms with Crippen molar-refractivity contribution in [1.82, 2.24) is 19.7 Å². The Labute approximate surface area is 145 Å². The van der Waals surface area contributed by atoms with Crippen molar-refractivity contribution in [1.29, 1.82) is 0 Å². The van der Waals surface area contributed by atoms with Crippen LogP contribution in [0.2, 0.25) is 10.0 Å². The van der Waals surface area contributed by atoms with Crippen LogP contribution in [0.4, 0.5) is 5.95 Å². The van der Waals surface area contributed by atoms with Gasteiger partial charge in [0.15, 0.2) is 5.52 Å². The van der Waals surface area contributed by atoms with Crippen LogP contribution < -0.4 is 10.9 Å². The number of carboxylic acid groups (broad SMARTS) is 1. The van der Waals surface area contributed by atoms with Crippen molar-refractivity contribution in [3.8, 4) is 0 Å². The van der Waals surface area contributed by atoms with E-state index in [0.717, 1.165) is 10.2 Å². The van der Waals surface area contributed by atoms with Gasteiger partial charge in [-0.1, -0.05) is 29.3 Å². The second kappa shape index (κ2) is 6.50. The highest BCUT2D eigenvalue weighted by atomic mass is 35.5. The Morgan fingerprint density at radius 2 is 2.12 bits per heavy atom. The Hall–Kier alpha value is -2.58. The van der Waals surface area contributed by atoms with E-state index < -0.39 is 18.1 Å². The molecule has 8 nitrogen and oxygen atoms in total. The molecule has 0 amide bonds. The number of carboxylic acids is 1. The number of aromatic nitrogens is 4. The molecular formula is C14H11Cl2N5O3. The SMILES string of the molecule is O=C(O)Cn1ncc2nc(NCc3ccc(Cl)c(Cl)c3)[nH]c(=O)c21. The molecule has 0 unspecified atom stereocenters. The van der Waals surface area contributed by atoms with E-state index in [4.69, 9.17) is 28.3 Å². The molecule has 0 radical (unpaired) electrons. The minimum Gasteiger partial charge on any atom is -0.480 e. The Balaban J connectivity index is 1.84. The fourth-order valence-electron chi connectivity index (χ4n) is 2.17. The predicted molar refractivity (Wildman–Crippen MR) is 89.6 cm³/mol. The van der Waals surface area contributed by atoms with Gasteiger partial charge in [0.25, 0.3) is 5.56 Å². The van der Waals surface area contributed by atoms with Crippen LogP contribution in [0.25, 0.3) is 11.0 Å². The molecule has 0 aliphatic carbocycles. The monoisotopic (exact) mass is 367 g/mol. The summed E-state index contributed by atoms with van der Waals surface area (Å²) in [4.78, 5) is 29.7. The highest BCUT2D eigenvalue weighted by Crippen LogP contribution is 2.22. The van der Waals surface area contributed by atoms with Gasteiger partial charge in [0, 0.05) is 6.54 Å². The minimum absolute atomic E-state index is 0.109. The van der Waals surface area contributed by atoms with Crippen molar-refractivity contribution in [3.63, 3.8) is 0 Å². The molecule has 0 aliphatic heterocycles. The summed E-state index contributed by atoms with van der Waals surface area (Å²) in [6.45, 7) is -0.0428. The lowest BCUT2D eigenvalue weighted by Gasteiger charge is -2.07. The first-order chi connectivity index (χ1) is 11.4. The van der Waals surface area contributed by atoms with Crippen LogP contribution in [0.3, 0.4) is 0 Å². The molecular weight excluding hydrogens is 357 g/mol. The maximum Gasteiger partial charge on any atom is 0.325 e. The Kier molecular flexibility index (Phi) is 4.41. The van der Waals surface area contributed by atoms with E-state index in [9.17, 15) is 9.59 Å². The van der Waals surface area contributed by atoms with Gasteiger partial charge in [-0.25, -0.2) is 9.67 Å². The predicted octanol–water partition coefficient (Wildman–Crippen LogP) is 2.12. The lowest BCUT2D eigenvalue weighted by atomic mass is 10.2. The standard InChI is InChI=1S/C14H11Cl2N5O3/c15-8-2-1-7(3-9(8)16)4-17-14-19-10-5-18-21(6-11(22)23)12(10)13(24)20-14/h1-3,5H,4,6H2,(H,22,23)(H2,17,19,20,24). The fourth-order valence-corrected chi connectivity index (χ4v) is 2.49. The summed E-state index contributed by atoms with van der Waals surface area (Å²) in [5, 5.41) is 16.5. The van der Waals surface area contributed by atoms with Crippen LogP contribution in [0.15, 0.2) is 29.2 Å². The van der Waals surface area contributed by atoms with Gasteiger partial charge in [0.05, 0.1) is 16.2 Å². The van der Waals surface area contributed by atoms with Gasteiger partial charge in [0.1, 0.15) is 12.1 Å². The molecule has 3 aromatic rings. The zero-order valence-electron chi connectivity index (χ0n) is 12.1. The van der Waals surface area contributed by atoms with Gasteiger partial charge in [-0.3, -0.25) is 14.6 Å². The molecule has 0 bridgehead atoms. The van der Waals surface area contributed by atoms with Crippen LogP contribution in [0.5, 0.6) is 0 Å². The average molecular weight is 368 g/mol. The molecule has 1 aromatic carbocycles. The third-order valence-electron chi connectivity index (χ3n) is 3.23. The van der Waals surface area contributed by atoms with Crippen LogP contribution >= 0.6 is 23.2 Å². The number of H-pyrrole nitrogens is 1. The van der Waals surface area contributed by atoms with Crippen molar-refractivity contribution in [2.24, 2.45) is 0 Å². The van der Waals surface area contributed by atoms with E-state index in [2.05, 4.69) is 20.4 Å². The van der Waals surface area contributed by atoms with Crippen molar-refractivity contribution in [2.75, 3.05) is 5.32 Å². The number of benzene rings is 1. The molecule has 0 saturated carbocycles. The van der Waals surface area contributed by atoms with Gasteiger partial charge < -0.3 is 10.4 Å². The van der Waals surface area contributed by atoms with Crippen LogP contribution in [0, 0.1) is 0 Å². The van der Waals surface area contributed by atoms with E-state index in [1.807, 2.05) is 0 Å². The lowest BCUT2D eigenvalue weighted by Crippen LogP contribution is -2.18. The zero-order valence-corrected chi connectivity index (χ0v) is 13.6. The maximum absolute atomic E-state index is 12.1. The van der Waals surface area contributed by atoms with Crippen molar-refractivity contribution in [3.05, 3.63) is 50.4 Å². The van der Waals surface area contributed by atoms with Gasteiger partial charge >= 0.3 is 5.97 Å². The number of fused-ring (bicyclic) bond motifs is 1. The number of aromatic amines is 1. The lowest BCUT2D eigenvalue weighted by molar-refractivity contribution is -0.137. The number of aliphatic carboxylic acids is 1. The van der Waals surface area contributed by atoms with E-state index in [0.29, 0.717) is 22.1 Å². The Morgan fingerprint density at radius 3 is 2.83 bits per heavy atom. The highest BCUT2D eigenvalue weighted by molar-refractivity contribution is 6.42. The van der Waals surface area contributed by atoms with E-state index in [1.165, 1.54) is 6.20 Å². The van der Waals surface area contributed by atoms with Crippen LogP contribution in [0.1, 0.15) is 5.56 Å². The first-order valence-electron chi connectivity index (χ1n) is 6.79. The number of carbonyl (C=O) groups is 1. The zero-order chi connectivity index (χ0) is 17.3. The number of nitrogens with one attached hydrogen (secondary N) is 2. The Bertz CT molecular complexity index is 982. The quantitative estimate of drug-likeness (QED) is 0.636. The second-order valence-electron chi connectivity index (χ2n) is 4.95. The first-order valence-corrected chi connectivity index (χ1v) is 7.55. The molecule has 0 aliphatic rings. The number of halogens is 2. The van der Waals surface area contributed by atoms with Crippen LogP contribution in [-0.2, 0) is 17.9 Å². The van der Waals surface area contributed by atoms with Crippen molar-refractivity contribution < 1.29 is 9.90 Å². The summed E-state index contributed by atoms with van der Waals surface area (Å²) < 4.78 is 1.09. The van der Waals surface area contributed by atoms with E-state index >= 15 is 0 Å². The third kappa shape index (κ3) is 3.34. The summed E-state index contributed by atoms with van der Waals surface area (Å²) in [7, 11) is 0. The molecule has 0 spiro atoms. The smallest absolute Gasteiger partial charge is 0.325 e. The van der Waals surface area contributed by atoms with Gasteiger partial charge in [0.2, 0.25) is 5.95 Å². The van der Waals surface area contributed by atoms with Gasteiger partial charge in [-0.05, 0) is 17.7 Å². The topological polar surface area (TPSA) is 113 Å². The minimum atomic E-state index is -1.10. The maximum atomic E-state index is 12.1. The summed E-state index contributed by atoms with van der Waals surface area (Å²) in [5.41, 5.74) is 0.790. The number of hydrogen-bond acceptors (Lipinski definition) is 5. The van der Waals surface area contributed by atoms with E-state index in [-0.39, 0.29) is 11.5 Å². The number of hydrogen-bond donors (Lipinski definition) is 3. The van der Waals surface area contributed by atoms with Gasteiger partial charge in [-0.15, -0.1) is 0 Å². The molecule has 2 heterocycles. The average Bonchev–Trinajstić information content (AvgIpc) is 2.91. The molecule has 10 heteroatoms. The van der Waals surface area contributed by atoms with Crippen molar-refractivity contribution in [2.45, 2.75) is 13.1 Å². The largest absolute Gasteiger partial charge is 0.480 e. The summed E-state index contributed by atoms with van der Waals surface area (Å²) in [5.74, 6) is -0.852. The van der Waals surface area contributed by atoms with Gasteiger partial charge in [-0.2, -0.15) is 5.10 Å². The van der Waals surface area contributed by atoms with Crippen molar-refractivity contribution >= 4 is 46.2 Å². The molecule has 24 heavy (non-hydrogen) atoms. The Morgan fingerprint density at radius 1 is 1.33 bits per heavy atom. The molecule has 0 fully saturated rings. The molecule has 0 atom stereocenters. The molecule has 124 valence electrons. The normalized spacial score (nSPS) is 10.9. The number of rotatable bonds is 5. The number of anilines is 1. The second-order valence-corrected chi connectivity index (χ2v) is 5.76. The van der Waals surface area contributed by atoms with Crippen LogP contribution in [-0.4, -0.2) is 30.8 Å². The van der Waals surface area contributed by atoms with E-state index in [1.54, 1.807) is 18.2 Å². The number of nitrogens with zero attached hydrogens (tertiary/aromatic N) is 3. The highest BCUT2D eigenvalue weighted by Gasteiger charge is 2.12. The molecule has 3 rings (SSSR count). The third-order valence-corrected chi connectivity index (χ3v) is 3.97. The summed E-state index contributed by atoms with van der Waals surface area (Å²) >= 11 is 11.8. The first kappa shape index (κ1) is 16.3. The fraction of sp³-hybridized carbons (Fsp3) is 0.143. The summed E-state index contributed by atoms with van der Waals surface area (Å²) in [6, 6.07) is 5.18. The molecule has 3 N–H and O–H groups in total.